The molecule has 22 heavy (non-hydrogen) atoms. The zero-order valence-corrected chi connectivity index (χ0v) is 15.0. The Morgan fingerprint density at radius 2 is 1.32 bits per heavy atom. The second-order valence-electron chi connectivity index (χ2n) is 6.21. The molecule has 0 fully saturated rings. The third-order valence-corrected chi connectivity index (χ3v) is 3.81. The van der Waals surface area contributed by atoms with E-state index in [2.05, 4.69) is 13.8 Å². The average molecular weight is 314 g/mol. The summed E-state index contributed by atoms with van der Waals surface area (Å²) >= 11 is 0. The molecule has 0 N–H and O–H groups in total. The molecular weight excluding hydrogens is 280 g/mol. The van der Waals surface area contributed by atoms with Crippen LogP contribution in [0.1, 0.15) is 73.1 Å². The van der Waals surface area contributed by atoms with Gasteiger partial charge in [0.1, 0.15) is 0 Å². The fourth-order valence-corrected chi connectivity index (χ4v) is 2.49. The van der Waals surface area contributed by atoms with Crippen LogP contribution in [-0.4, -0.2) is 25.2 Å². The Hall–Kier alpha value is -1.06. The average Bonchev–Trinajstić information content (AvgIpc) is 2.46. The topological polar surface area (TPSA) is 52.6 Å². The van der Waals surface area contributed by atoms with Crippen molar-refractivity contribution in [3.05, 3.63) is 0 Å². The maximum Gasteiger partial charge on any atom is 0.310 e. The SMILES string of the molecule is CCCCOC(=O)C(CCC)C(C(=O)OCCCC)C(C)C. The molecule has 4 nitrogen and oxygen atoms in total. The summed E-state index contributed by atoms with van der Waals surface area (Å²) < 4.78 is 10.7. The molecule has 0 spiro atoms. The lowest BCUT2D eigenvalue weighted by molar-refractivity contribution is -0.163. The van der Waals surface area contributed by atoms with Crippen molar-refractivity contribution in [3.63, 3.8) is 0 Å². The number of ether oxygens (including phenoxy) is 2. The fourth-order valence-electron chi connectivity index (χ4n) is 2.49. The van der Waals surface area contributed by atoms with Gasteiger partial charge in [-0.25, -0.2) is 0 Å². The Morgan fingerprint density at radius 3 is 1.73 bits per heavy atom. The summed E-state index contributed by atoms with van der Waals surface area (Å²) in [5, 5.41) is 0. The number of hydrogen-bond donors (Lipinski definition) is 0. The predicted octanol–water partition coefficient (Wildman–Crippen LogP) is 4.36. The summed E-state index contributed by atoms with van der Waals surface area (Å²) in [6, 6.07) is 0. The van der Waals surface area contributed by atoms with Crippen molar-refractivity contribution in [2.45, 2.75) is 73.1 Å². The van der Waals surface area contributed by atoms with Gasteiger partial charge in [0.15, 0.2) is 0 Å². The van der Waals surface area contributed by atoms with Crippen LogP contribution in [0, 0.1) is 17.8 Å². The lowest BCUT2D eigenvalue weighted by Crippen LogP contribution is -2.36. The van der Waals surface area contributed by atoms with Crippen LogP contribution in [-0.2, 0) is 19.1 Å². The molecule has 0 saturated carbocycles. The molecule has 0 aromatic carbocycles. The molecule has 2 atom stereocenters. The normalized spacial score (nSPS) is 13.7. The zero-order chi connectivity index (χ0) is 17.0. The molecule has 0 saturated heterocycles. The van der Waals surface area contributed by atoms with Crippen molar-refractivity contribution in [1.82, 2.24) is 0 Å². The second-order valence-corrected chi connectivity index (χ2v) is 6.21. The van der Waals surface area contributed by atoms with E-state index in [1.54, 1.807) is 0 Å². The maximum absolute atomic E-state index is 12.4. The molecule has 0 bridgehead atoms. The van der Waals surface area contributed by atoms with E-state index in [4.69, 9.17) is 9.47 Å². The summed E-state index contributed by atoms with van der Waals surface area (Å²) in [5.74, 6) is -1.25. The van der Waals surface area contributed by atoms with E-state index >= 15 is 0 Å². The molecule has 0 aliphatic rings. The Bertz CT molecular complexity index is 312. The third-order valence-electron chi connectivity index (χ3n) is 3.81. The van der Waals surface area contributed by atoms with Gasteiger partial charge in [-0.1, -0.05) is 53.9 Å². The summed E-state index contributed by atoms with van der Waals surface area (Å²) in [5.41, 5.74) is 0. The van der Waals surface area contributed by atoms with Crippen LogP contribution in [0.15, 0.2) is 0 Å². The van der Waals surface area contributed by atoms with E-state index in [1.165, 1.54) is 0 Å². The third kappa shape index (κ3) is 7.81. The number of carbonyl (C=O) groups is 2. The van der Waals surface area contributed by atoms with Crippen LogP contribution in [0.2, 0.25) is 0 Å². The minimum Gasteiger partial charge on any atom is -0.465 e. The van der Waals surface area contributed by atoms with Crippen LogP contribution in [0.5, 0.6) is 0 Å². The van der Waals surface area contributed by atoms with Gasteiger partial charge in [0.05, 0.1) is 25.0 Å². The van der Waals surface area contributed by atoms with Gasteiger partial charge in [-0.05, 0) is 25.2 Å². The summed E-state index contributed by atoms with van der Waals surface area (Å²) in [6.07, 6.45) is 5.19. The molecule has 2 unspecified atom stereocenters. The minimum atomic E-state index is -0.411. The van der Waals surface area contributed by atoms with Crippen molar-refractivity contribution in [3.8, 4) is 0 Å². The summed E-state index contributed by atoms with van der Waals surface area (Å²) in [4.78, 5) is 24.7. The van der Waals surface area contributed by atoms with Crippen molar-refractivity contribution in [1.29, 1.82) is 0 Å². The van der Waals surface area contributed by atoms with Gasteiger partial charge in [0, 0.05) is 0 Å². The number of carbonyl (C=O) groups excluding carboxylic acids is 2. The van der Waals surface area contributed by atoms with Gasteiger partial charge in [-0.3, -0.25) is 9.59 Å². The van der Waals surface area contributed by atoms with E-state index in [0.717, 1.165) is 32.1 Å². The minimum absolute atomic E-state index is 0.0596. The first-order valence-corrected chi connectivity index (χ1v) is 8.82. The molecule has 4 heteroatoms. The smallest absolute Gasteiger partial charge is 0.310 e. The van der Waals surface area contributed by atoms with Crippen molar-refractivity contribution in [2.75, 3.05) is 13.2 Å². The highest BCUT2D eigenvalue weighted by molar-refractivity contribution is 5.82. The van der Waals surface area contributed by atoms with E-state index in [-0.39, 0.29) is 17.9 Å². The monoisotopic (exact) mass is 314 g/mol. The van der Waals surface area contributed by atoms with Gasteiger partial charge in [0.25, 0.3) is 0 Å². The van der Waals surface area contributed by atoms with Crippen molar-refractivity contribution in [2.24, 2.45) is 17.8 Å². The molecular formula is C18H34O4. The molecule has 0 aromatic rings. The van der Waals surface area contributed by atoms with Crippen LogP contribution in [0.25, 0.3) is 0 Å². The maximum atomic E-state index is 12.4. The first-order chi connectivity index (χ1) is 10.5. The number of rotatable bonds is 12. The fraction of sp³-hybridized carbons (Fsp3) is 0.889. The summed E-state index contributed by atoms with van der Waals surface area (Å²) in [7, 11) is 0. The van der Waals surface area contributed by atoms with Crippen molar-refractivity contribution >= 4 is 11.9 Å². The number of esters is 2. The standard InChI is InChI=1S/C18H34O4/c1-6-9-12-21-17(19)15(11-8-3)16(14(4)5)18(20)22-13-10-7-2/h14-16H,6-13H2,1-5H3. The molecule has 0 amide bonds. The number of unbranched alkanes of at least 4 members (excludes halogenated alkanes) is 2. The van der Waals surface area contributed by atoms with Gasteiger partial charge in [-0.15, -0.1) is 0 Å². The first-order valence-electron chi connectivity index (χ1n) is 8.82. The summed E-state index contributed by atoms with van der Waals surface area (Å²) in [6.45, 7) is 10.9. The van der Waals surface area contributed by atoms with E-state index in [0.29, 0.717) is 19.6 Å². The molecule has 0 rings (SSSR count). The molecule has 0 radical (unpaired) electrons. The molecule has 0 heterocycles. The lowest BCUT2D eigenvalue weighted by atomic mass is 9.81. The largest absolute Gasteiger partial charge is 0.465 e. The highest BCUT2D eigenvalue weighted by atomic mass is 16.5. The zero-order valence-electron chi connectivity index (χ0n) is 15.0. The van der Waals surface area contributed by atoms with Crippen LogP contribution < -0.4 is 0 Å². The van der Waals surface area contributed by atoms with Gasteiger partial charge in [-0.2, -0.15) is 0 Å². The number of hydrogen-bond acceptors (Lipinski definition) is 4. The Labute approximate surface area is 135 Å². The van der Waals surface area contributed by atoms with E-state index in [1.807, 2.05) is 20.8 Å². The van der Waals surface area contributed by atoms with Gasteiger partial charge < -0.3 is 9.47 Å². The molecule has 0 aliphatic carbocycles. The molecule has 0 aliphatic heterocycles. The van der Waals surface area contributed by atoms with Gasteiger partial charge >= 0.3 is 11.9 Å². The van der Waals surface area contributed by atoms with Crippen molar-refractivity contribution < 1.29 is 19.1 Å². The highest BCUT2D eigenvalue weighted by Gasteiger charge is 2.37. The second kappa shape index (κ2) is 12.5. The Balaban J connectivity index is 4.85. The van der Waals surface area contributed by atoms with Crippen LogP contribution >= 0.6 is 0 Å². The Morgan fingerprint density at radius 1 is 0.818 bits per heavy atom. The van der Waals surface area contributed by atoms with Gasteiger partial charge in [0.2, 0.25) is 0 Å². The molecule has 0 aromatic heterocycles. The predicted molar refractivity (Wildman–Crippen MR) is 88.5 cm³/mol. The first kappa shape index (κ1) is 20.9. The quantitative estimate of drug-likeness (QED) is 0.397. The highest BCUT2D eigenvalue weighted by Crippen LogP contribution is 2.28. The van der Waals surface area contributed by atoms with Crippen LogP contribution in [0.4, 0.5) is 0 Å². The lowest BCUT2D eigenvalue weighted by Gasteiger charge is -2.27. The van der Waals surface area contributed by atoms with Crippen LogP contribution in [0.3, 0.4) is 0 Å². The van der Waals surface area contributed by atoms with E-state index in [9.17, 15) is 9.59 Å². The molecule has 130 valence electrons. The Kier molecular flexibility index (Phi) is 11.9. The van der Waals surface area contributed by atoms with E-state index < -0.39 is 11.8 Å².